The molecular weight excluding hydrogens is 366 g/mol. The highest BCUT2D eigenvalue weighted by atomic mass is 35.5. The molecule has 7 nitrogen and oxygen atoms in total. The molecule has 1 spiro atoms. The lowest BCUT2D eigenvalue weighted by Crippen LogP contribution is -2.64. The van der Waals surface area contributed by atoms with Crippen molar-refractivity contribution in [3.05, 3.63) is 47.2 Å². The van der Waals surface area contributed by atoms with Crippen LogP contribution in [0.4, 0.5) is 5.69 Å². The van der Waals surface area contributed by atoms with Gasteiger partial charge in [0.1, 0.15) is 0 Å². The third-order valence-corrected chi connectivity index (χ3v) is 5.86. The molecule has 0 N–H and O–H groups in total. The Labute approximate surface area is 163 Å². The van der Waals surface area contributed by atoms with Gasteiger partial charge in [0, 0.05) is 43.5 Å². The van der Waals surface area contributed by atoms with Crippen LogP contribution in [0.3, 0.4) is 0 Å². The van der Waals surface area contributed by atoms with E-state index in [2.05, 4.69) is 10.00 Å². The van der Waals surface area contributed by atoms with E-state index in [9.17, 15) is 9.59 Å². The van der Waals surface area contributed by atoms with Crippen LogP contribution in [0, 0.1) is 0 Å². The molecule has 2 aliphatic heterocycles. The number of hydrogen-bond acceptors (Lipinski definition) is 4. The number of halogens is 1. The Bertz CT molecular complexity index is 898. The monoisotopic (exact) mass is 387 g/mol. The number of amides is 2. The van der Waals surface area contributed by atoms with Crippen molar-refractivity contribution in [1.82, 2.24) is 19.6 Å². The Balaban J connectivity index is 1.56. The minimum absolute atomic E-state index is 0.0207. The van der Waals surface area contributed by atoms with Crippen LogP contribution in [0.1, 0.15) is 16.8 Å². The van der Waals surface area contributed by atoms with Gasteiger partial charge in [0.25, 0.3) is 5.91 Å². The average molecular weight is 388 g/mol. The van der Waals surface area contributed by atoms with Crippen LogP contribution < -0.4 is 4.90 Å². The number of likely N-dealkylation sites (tertiary alicyclic amines) is 1. The van der Waals surface area contributed by atoms with Crippen molar-refractivity contribution >= 4 is 29.1 Å². The lowest BCUT2D eigenvalue weighted by Gasteiger charge is -2.46. The fourth-order valence-electron chi connectivity index (χ4n) is 4.02. The molecule has 1 unspecified atom stereocenters. The summed E-state index contributed by atoms with van der Waals surface area (Å²) in [6.07, 6.45) is 4.38. The first kappa shape index (κ1) is 18.0. The Hall–Kier alpha value is -2.38. The Morgan fingerprint density at radius 2 is 2.07 bits per heavy atom. The van der Waals surface area contributed by atoms with Crippen LogP contribution in [0.25, 0.3) is 0 Å². The number of nitrogens with zero attached hydrogens (tertiary/aromatic N) is 5. The topological polar surface area (TPSA) is 61.7 Å². The molecule has 1 aromatic heterocycles. The second-order valence-corrected chi connectivity index (χ2v) is 7.86. The maximum atomic E-state index is 12.9. The van der Waals surface area contributed by atoms with Gasteiger partial charge in [0.05, 0.1) is 24.0 Å². The van der Waals surface area contributed by atoms with Crippen molar-refractivity contribution in [2.45, 2.75) is 12.0 Å². The van der Waals surface area contributed by atoms with Gasteiger partial charge in [-0.3, -0.25) is 19.2 Å². The van der Waals surface area contributed by atoms with E-state index in [-0.39, 0.29) is 17.4 Å². The van der Waals surface area contributed by atoms with E-state index in [1.807, 2.05) is 25.2 Å². The van der Waals surface area contributed by atoms with Gasteiger partial charge in [-0.15, -0.1) is 0 Å². The first-order valence-electron chi connectivity index (χ1n) is 8.93. The minimum Gasteiger partial charge on any atom is -0.337 e. The van der Waals surface area contributed by atoms with Gasteiger partial charge in [0.2, 0.25) is 5.91 Å². The highest BCUT2D eigenvalue weighted by Crippen LogP contribution is 2.34. The Morgan fingerprint density at radius 1 is 1.26 bits per heavy atom. The predicted molar refractivity (Wildman–Crippen MR) is 103 cm³/mol. The van der Waals surface area contributed by atoms with E-state index in [0.717, 1.165) is 12.1 Å². The summed E-state index contributed by atoms with van der Waals surface area (Å²) >= 11 is 6.03. The fourth-order valence-corrected chi connectivity index (χ4v) is 4.21. The smallest absolute Gasteiger partial charge is 0.253 e. The molecule has 2 aliphatic rings. The second-order valence-electron chi connectivity index (χ2n) is 7.42. The maximum absolute atomic E-state index is 12.9. The van der Waals surface area contributed by atoms with Crippen molar-refractivity contribution in [1.29, 1.82) is 0 Å². The van der Waals surface area contributed by atoms with Crippen molar-refractivity contribution in [2.24, 2.45) is 7.05 Å². The number of carbonyl (C=O) groups is 2. The summed E-state index contributed by atoms with van der Waals surface area (Å²) in [6.45, 7) is 2.12. The molecule has 1 atom stereocenters. The highest BCUT2D eigenvalue weighted by molar-refractivity contribution is 6.30. The molecule has 142 valence electrons. The zero-order chi connectivity index (χ0) is 19.2. The normalized spacial score (nSPS) is 23.4. The fraction of sp³-hybridized carbons (Fsp3) is 0.421. The lowest BCUT2D eigenvalue weighted by atomic mass is 9.93. The third kappa shape index (κ3) is 3.21. The number of aromatic nitrogens is 2. The summed E-state index contributed by atoms with van der Waals surface area (Å²) in [7, 11) is 3.80. The van der Waals surface area contributed by atoms with Crippen LogP contribution >= 0.6 is 11.6 Å². The van der Waals surface area contributed by atoms with Crippen LogP contribution in [0.5, 0.6) is 0 Å². The second kappa shape index (κ2) is 6.65. The summed E-state index contributed by atoms with van der Waals surface area (Å²) in [5.41, 5.74) is 1.14. The number of benzene rings is 1. The number of rotatable bonds is 2. The molecule has 0 bridgehead atoms. The van der Waals surface area contributed by atoms with E-state index in [1.165, 1.54) is 0 Å². The summed E-state index contributed by atoms with van der Waals surface area (Å²) in [6, 6.07) is 7.03. The summed E-state index contributed by atoms with van der Waals surface area (Å²) in [5, 5.41) is 4.74. The first-order chi connectivity index (χ1) is 12.9. The first-order valence-corrected chi connectivity index (χ1v) is 9.31. The van der Waals surface area contributed by atoms with Gasteiger partial charge in [-0.25, -0.2) is 0 Å². The van der Waals surface area contributed by atoms with Crippen LogP contribution in [0.2, 0.25) is 5.02 Å². The van der Waals surface area contributed by atoms with Gasteiger partial charge < -0.3 is 9.80 Å². The zero-order valence-corrected chi connectivity index (χ0v) is 16.2. The molecule has 0 aliphatic carbocycles. The van der Waals surface area contributed by atoms with E-state index in [0.29, 0.717) is 36.8 Å². The van der Waals surface area contributed by atoms with Crippen LogP contribution in [0.15, 0.2) is 36.7 Å². The number of hydrogen-bond donors (Lipinski definition) is 0. The molecule has 27 heavy (non-hydrogen) atoms. The lowest BCUT2D eigenvalue weighted by molar-refractivity contribution is -0.123. The van der Waals surface area contributed by atoms with E-state index < -0.39 is 0 Å². The summed E-state index contributed by atoms with van der Waals surface area (Å²) in [5.74, 6) is 0.0309. The number of piperazine rings is 1. The Morgan fingerprint density at radius 3 is 2.78 bits per heavy atom. The van der Waals surface area contributed by atoms with Gasteiger partial charge in [-0.2, -0.15) is 5.10 Å². The summed E-state index contributed by atoms with van der Waals surface area (Å²) in [4.78, 5) is 31.2. The molecule has 0 saturated carbocycles. The minimum atomic E-state index is -0.252. The molecule has 2 aromatic rings. The zero-order valence-electron chi connectivity index (χ0n) is 15.4. The number of anilines is 1. The molecule has 4 rings (SSSR count). The number of aryl methyl sites for hydroxylation is 1. The summed E-state index contributed by atoms with van der Waals surface area (Å²) < 4.78 is 1.69. The SMILES string of the molecule is CN1CC(=O)N(c2cnn(C)c2)CC12CCN(C(=O)c1cccc(Cl)c1)C2. The number of carbonyl (C=O) groups excluding carboxylic acids is 2. The molecule has 2 amide bonds. The molecule has 3 heterocycles. The molecule has 2 saturated heterocycles. The Kier molecular flexibility index (Phi) is 4.44. The van der Waals surface area contributed by atoms with Crippen molar-refractivity contribution in [3.8, 4) is 0 Å². The predicted octanol–water partition coefficient (Wildman–Crippen LogP) is 1.64. The molecule has 0 radical (unpaired) electrons. The molecule has 8 heteroatoms. The molecule has 1 aromatic carbocycles. The third-order valence-electron chi connectivity index (χ3n) is 5.63. The van der Waals surface area contributed by atoms with Crippen molar-refractivity contribution in [2.75, 3.05) is 38.1 Å². The van der Waals surface area contributed by atoms with E-state index >= 15 is 0 Å². The largest absolute Gasteiger partial charge is 0.337 e. The van der Waals surface area contributed by atoms with Crippen LogP contribution in [-0.2, 0) is 11.8 Å². The molecule has 2 fully saturated rings. The standard InChI is InChI=1S/C19H22ClN5O2/c1-22-11-17(26)25(16-9-21-23(2)10-16)13-19(22)6-7-24(12-19)18(27)14-4-3-5-15(20)8-14/h3-5,8-10H,6-7,11-13H2,1-2H3. The van der Waals surface area contributed by atoms with Crippen molar-refractivity contribution < 1.29 is 9.59 Å². The van der Waals surface area contributed by atoms with E-state index in [1.54, 1.807) is 40.0 Å². The highest BCUT2D eigenvalue weighted by Gasteiger charge is 2.48. The van der Waals surface area contributed by atoms with Gasteiger partial charge >= 0.3 is 0 Å². The average Bonchev–Trinajstić information content (AvgIpc) is 3.25. The van der Waals surface area contributed by atoms with Gasteiger partial charge in [-0.05, 0) is 31.7 Å². The van der Waals surface area contributed by atoms with Gasteiger partial charge in [0.15, 0.2) is 0 Å². The molecular formula is C19H22ClN5O2. The quantitative estimate of drug-likeness (QED) is 0.786. The maximum Gasteiger partial charge on any atom is 0.253 e. The van der Waals surface area contributed by atoms with Crippen LogP contribution in [-0.4, -0.2) is 70.2 Å². The van der Waals surface area contributed by atoms with Crippen molar-refractivity contribution in [3.63, 3.8) is 0 Å². The number of likely N-dealkylation sites (N-methyl/N-ethyl adjacent to an activating group) is 1. The van der Waals surface area contributed by atoms with Gasteiger partial charge in [-0.1, -0.05) is 17.7 Å². The van der Waals surface area contributed by atoms with E-state index in [4.69, 9.17) is 11.6 Å².